The van der Waals surface area contributed by atoms with Crippen molar-refractivity contribution in [1.29, 1.82) is 0 Å². The summed E-state index contributed by atoms with van der Waals surface area (Å²) in [6, 6.07) is 0. The highest BCUT2D eigenvalue weighted by atomic mass is 32.1. The smallest absolute Gasteiger partial charge is 0.307 e. The third-order valence-electron chi connectivity index (χ3n) is 1.99. The van der Waals surface area contributed by atoms with Crippen molar-refractivity contribution in [3.63, 3.8) is 0 Å². The molecular weight excluding hydrogens is 214 g/mol. The zero-order valence-corrected chi connectivity index (χ0v) is 10.1. The Balaban J connectivity index is 2.51. The summed E-state index contributed by atoms with van der Waals surface area (Å²) in [5.74, 6) is 0. The maximum Gasteiger partial charge on any atom is 0.307 e. The highest BCUT2D eigenvalue weighted by molar-refractivity contribution is 7.07. The van der Waals surface area contributed by atoms with Crippen LogP contribution in [0.25, 0.3) is 0 Å². The minimum absolute atomic E-state index is 0.0314. The normalized spacial score (nSPS) is 13.4. The first-order chi connectivity index (χ1) is 7.00. The summed E-state index contributed by atoms with van der Waals surface area (Å²) >= 11 is 1.15. The van der Waals surface area contributed by atoms with Crippen LogP contribution in [0.1, 0.15) is 19.5 Å². The zero-order chi connectivity index (χ0) is 11.4. The van der Waals surface area contributed by atoms with Gasteiger partial charge in [0.1, 0.15) is 0 Å². The van der Waals surface area contributed by atoms with Crippen LogP contribution in [0, 0.1) is 6.92 Å². The van der Waals surface area contributed by atoms with Gasteiger partial charge in [0.05, 0.1) is 25.4 Å². The summed E-state index contributed by atoms with van der Waals surface area (Å²) < 4.78 is 6.84. The van der Waals surface area contributed by atoms with E-state index >= 15 is 0 Å². The third-order valence-corrected chi connectivity index (χ3v) is 2.87. The fraction of sp³-hybridized carbons (Fsp3) is 0.700. The molecular formula is C10H17NO3S. The van der Waals surface area contributed by atoms with Crippen LogP contribution in [-0.4, -0.2) is 28.5 Å². The van der Waals surface area contributed by atoms with Gasteiger partial charge < -0.3 is 14.4 Å². The van der Waals surface area contributed by atoms with E-state index in [0.29, 0.717) is 6.54 Å². The van der Waals surface area contributed by atoms with Gasteiger partial charge >= 0.3 is 4.87 Å². The topological polar surface area (TPSA) is 51.5 Å². The van der Waals surface area contributed by atoms with Gasteiger partial charge in [0.25, 0.3) is 0 Å². The number of aliphatic hydroxyl groups is 1. The van der Waals surface area contributed by atoms with Crippen molar-refractivity contribution in [3.8, 4) is 0 Å². The molecule has 0 aliphatic rings. The van der Waals surface area contributed by atoms with Gasteiger partial charge in [-0.1, -0.05) is 11.3 Å². The fourth-order valence-electron chi connectivity index (χ4n) is 1.19. The SMILES string of the molecule is Cc1csc(=O)n1CC(O)COC(C)C. The van der Waals surface area contributed by atoms with Gasteiger partial charge in [0, 0.05) is 11.1 Å². The van der Waals surface area contributed by atoms with Crippen molar-refractivity contribution in [2.24, 2.45) is 0 Å². The second kappa shape index (κ2) is 5.44. The molecule has 4 nitrogen and oxygen atoms in total. The van der Waals surface area contributed by atoms with Crippen LogP contribution in [-0.2, 0) is 11.3 Å². The summed E-state index contributed by atoms with van der Waals surface area (Å²) in [4.78, 5) is 11.3. The summed E-state index contributed by atoms with van der Waals surface area (Å²) in [7, 11) is 0. The summed E-state index contributed by atoms with van der Waals surface area (Å²) in [6.45, 7) is 6.25. The fourth-order valence-corrected chi connectivity index (χ4v) is 1.94. The lowest BCUT2D eigenvalue weighted by Gasteiger charge is -2.14. The molecule has 1 aromatic heterocycles. The number of nitrogens with zero attached hydrogens (tertiary/aromatic N) is 1. The lowest BCUT2D eigenvalue weighted by atomic mass is 10.3. The van der Waals surface area contributed by atoms with E-state index in [-0.39, 0.29) is 17.6 Å². The van der Waals surface area contributed by atoms with Gasteiger partial charge in [-0.25, -0.2) is 0 Å². The van der Waals surface area contributed by atoms with Gasteiger partial charge in [0.2, 0.25) is 0 Å². The molecule has 1 atom stereocenters. The van der Waals surface area contributed by atoms with Crippen LogP contribution in [0.4, 0.5) is 0 Å². The van der Waals surface area contributed by atoms with Crippen molar-refractivity contribution in [3.05, 3.63) is 20.7 Å². The first-order valence-corrected chi connectivity index (χ1v) is 5.83. The van der Waals surface area contributed by atoms with Crippen LogP contribution < -0.4 is 4.87 Å². The van der Waals surface area contributed by atoms with Crippen molar-refractivity contribution in [2.75, 3.05) is 6.61 Å². The molecule has 0 aliphatic carbocycles. The molecule has 0 saturated heterocycles. The van der Waals surface area contributed by atoms with Crippen LogP contribution in [0.3, 0.4) is 0 Å². The van der Waals surface area contributed by atoms with E-state index in [9.17, 15) is 9.90 Å². The van der Waals surface area contributed by atoms with Gasteiger partial charge in [0.15, 0.2) is 0 Å². The van der Waals surface area contributed by atoms with E-state index in [0.717, 1.165) is 17.0 Å². The van der Waals surface area contributed by atoms with E-state index < -0.39 is 6.10 Å². The second-order valence-electron chi connectivity index (χ2n) is 3.79. The molecule has 0 spiro atoms. The highest BCUT2D eigenvalue weighted by Gasteiger charge is 2.10. The number of ether oxygens (including phenoxy) is 1. The first kappa shape index (κ1) is 12.4. The Morgan fingerprint density at radius 1 is 1.60 bits per heavy atom. The molecule has 0 aliphatic heterocycles. The third kappa shape index (κ3) is 3.77. The Hall–Kier alpha value is -0.650. The first-order valence-electron chi connectivity index (χ1n) is 4.95. The molecule has 1 N–H and O–H groups in total. The lowest BCUT2D eigenvalue weighted by Crippen LogP contribution is -2.28. The zero-order valence-electron chi connectivity index (χ0n) is 9.27. The Kier molecular flexibility index (Phi) is 4.50. The van der Waals surface area contributed by atoms with E-state index in [1.165, 1.54) is 0 Å². The predicted octanol–water partition coefficient (Wildman–Crippen LogP) is 1.00. The van der Waals surface area contributed by atoms with E-state index in [1.54, 1.807) is 9.95 Å². The largest absolute Gasteiger partial charge is 0.389 e. The van der Waals surface area contributed by atoms with Crippen molar-refractivity contribution in [2.45, 2.75) is 39.5 Å². The minimum atomic E-state index is -0.626. The predicted molar refractivity (Wildman–Crippen MR) is 60.4 cm³/mol. The van der Waals surface area contributed by atoms with E-state index in [2.05, 4.69) is 0 Å². The van der Waals surface area contributed by atoms with E-state index in [4.69, 9.17) is 4.74 Å². The summed E-state index contributed by atoms with van der Waals surface area (Å²) in [6.07, 6.45) is -0.529. The van der Waals surface area contributed by atoms with E-state index in [1.807, 2.05) is 20.8 Å². The van der Waals surface area contributed by atoms with Crippen molar-refractivity contribution >= 4 is 11.3 Å². The number of hydrogen-bond acceptors (Lipinski definition) is 4. The quantitative estimate of drug-likeness (QED) is 0.822. The molecule has 0 aromatic carbocycles. The second-order valence-corrected chi connectivity index (χ2v) is 4.61. The molecule has 0 saturated carbocycles. The van der Waals surface area contributed by atoms with Crippen LogP contribution in [0.5, 0.6) is 0 Å². The monoisotopic (exact) mass is 231 g/mol. The Morgan fingerprint density at radius 3 is 2.73 bits per heavy atom. The van der Waals surface area contributed by atoms with Crippen molar-refractivity contribution in [1.82, 2.24) is 4.57 Å². The standard InChI is InChI=1S/C10H17NO3S/c1-7(2)14-5-9(12)4-11-8(3)6-15-10(11)13/h6-7,9,12H,4-5H2,1-3H3. The molecule has 1 aromatic rings. The molecule has 0 bridgehead atoms. The number of aryl methyl sites for hydroxylation is 1. The molecule has 15 heavy (non-hydrogen) atoms. The maximum absolute atomic E-state index is 11.3. The lowest BCUT2D eigenvalue weighted by molar-refractivity contribution is -0.00109. The number of hydrogen-bond donors (Lipinski definition) is 1. The molecule has 86 valence electrons. The molecule has 0 amide bonds. The van der Waals surface area contributed by atoms with Crippen LogP contribution >= 0.6 is 11.3 Å². The number of aliphatic hydroxyl groups excluding tert-OH is 1. The Morgan fingerprint density at radius 2 is 2.27 bits per heavy atom. The number of aromatic nitrogens is 1. The highest BCUT2D eigenvalue weighted by Crippen LogP contribution is 2.02. The number of rotatable bonds is 5. The van der Waals surface area contributed by atoms with Gasteiger partial charge in [-0.2, -0.15) is 0 Å². The average molecular weight is 231 g/mol. The molecule has 1 unspecified atom stereocenters. The van der Waals surface area contributed by atoms with Crippen molar-refractivity contribution < 1.29 is 9.84 Å². The molecule has 0 radical (unpaired) electrons. The molecule has 5 heteroatoms. The Bertz CT molecular complexity index is 356. The molecule has 1 rings (SSSR count). The molecule has 1 heterocycles. The number of thiazole rings is 1. The van der Waals surface area contributed by atoms with Gasteiger partial charge in [-0.3, -0.25) is 4.79 Å². The van der Waals surface area contributed by atoms with Crippen LogP contribution in [0.2, 0.25) is 0 Å². The molecule has 0 fully saturated rings. The minimum Gasteiger partial charge on any atom is -0.389 e. The average Bonchev–Trinajstić information content (AvgIpc) is 2.46. The van der Waals surface area contributed by atoms with Gasteiger partial charge in [-0.15, -0.1) is 0 Å². The van der Waals surface area contributed by atoms with Gasteiger partial charge in [-0.05, 0) is 20.8 Å². The summed E-state index contributed by atoms with van der Waals surface area (Å²) in [5.41, 5.74) is 0.883. The Labute approximate surface area is 93.1 Å². The van der Waals surface area contributed by atoms with Crippen LogP contribution in [0.15, 0.2) is 10.2 Å². The maximum atomic E-state index is 11.3. The summed E-state index contributed by atoms with van der Waals surface area (Å²) in [5, 5.41) is 11.4.